The number of hydrogen-bond acceptors (Lipinski definition) is 4. The standard InChI is InChI=1S/C33H43N3OS/c1-6-36(4)21-34-13-12-25-19-32(37-5)29(14-22(25)2)18-30-20-38-33(35-30)27-11-10-24-8-7-9-26(16-28(24)17-27)31-15-23(31)3/h10-11,14,17,19-21,23,26,31H,6-9,12-13,15-16,18H2,1-5H3/t23?,26?,31-/m0/s1. The SMILES string of the molecule is CCN(C)C=NCCc1cc(OC)c(Cc2csc(-c3ccc4c(c3)CC([C@H]3CC3C)CCC4)n2)cc1C. The lowest BCUT2D eigenvalue weighted by atomic mass is 9.91. The second kappa shape index (κ2) is 12.0. The van der Waals surface area contributed by atoms with Crippen LogP contribution in [0.4, 0.5) is 0 Å². The van der Waals surface area contributed by atoms with Crippen LogP contribution in [0, 0.1) is 24.7 Å². The molecule has 38 heavy (non-hydrogen) atoms. The van der Waals surface area contributed by atoms with Crippen LogP contribution in [0.1, 0.15) is 66.6 Å². The van der Waals surface area contributed by atoms with E-state index in [-0.39, 0.29) is 0 Å². The number of nitrogens with zero attached hydrogens (tertiary/aromatic N) is 3. The third kappa shape index (κ3) is 6.31. The monoisotopic (exact) mass is 529 g/mol. The molecule has 0 spiro atoms. The number of aryl methyl sites for hydroxylation is 2. The van der Waals surface area contributed by atoms with E-state index in [1.54, 1.807) is 29.6 Å². The van der Waals surface area contributed by atoms with E-state index >= 15 is 0 Å². The molecule has 1 saturated carbocycles. The molecule has 4 nitrogen and oxygen atoms in total. The van der Waals surface area contributed by atoms with Crippen molar-refractivity contribution in [1.82, 2.24) is 9.88 Å². The minimum atomic E-state index is 0.782. The van der Waals surface area contributed by atoms with Crippen LogP contribution >= 0.6 is 11.3 Å². The van der Waals surface area contributed by atoms with Gasteiger partial charge in [0.2, 0.25) is 0 Å². The molecule has 0 aliphatic heterocycles. The van der Waals surface area contributed by atoms with Crippen molar-refractivity contribution in [3.63, 3.8) is 0 Å². The van der Waals surface area contributed by atoms with Gasteiger partial charge in [-0.15, -0.1) is 11.3 Å². The lowest BCUT2D eigenvalue weighted by Gasteiger charge is -2.15. The molecule has 0 amide bonds. The minimum absolute atomic E-state index is 0.782. The topological polar surface area (TPSA) is 37.7 Å². The Hall–Kier alpha value is -2.66. The first-order chi connectivity index (χ1) is 18.4. The summed E-state index contributed by atoms with van der Waals surface area (Å²) in [7, 11) is 3.82. The Labute approximate surface area is 233 Å². The van der Waals surface area contributed by atoms with Crippen molar-refractivity contribution < 1.29 is 4.74 Å². The maximum atomic E-state index is 5.81. The van der Waals surface area contributed by atoms with E-state index in [4.69, 9.17) is 9.72 Å². The van der Waals surface area contributed by atoms with Crippen molar-refractivity contribution in [3.05, 3.63) is 69.2 Å². The second-order valence-corrected chi connectivity index (χ2v) is 12.3. The zero-order chi connectivity index (χ0) is 26.6. The van der Waals surface area contributed by atoms with Crippen LogP contribution in [0.15, 0.2) is 40.7 Å². The number of aliphatic imine (C=N–C) groups is 1. The van der Waals surface area contributed by atoms with Crippen LogP contribution in [-0.2, 0) is 25.7 Å². The van der Waals surface area contributed by atoms with Gasteiger partial charge in [0.1, 0.15) is 10.8 Å². The predicted octanol–water partition coefficient (Wildman–Crippen LogP) is 7.39. The fourth-order valence-electron chi connectivity index (χ4n) is 6.07. The molecule has 2 aromatic carbocycles. The van der Waals surface area contributed by atoms with Crippen LogP contribution < -0.4 is 4.74 Å². The van der Waals surface area contributed by atoms with Crippen LogP contribution in [0.5, 0.6) is 5.75 Å². The molecule has 5 rings (SSSR count). The fourth-order valence-corrected chi connectivity index (χ4v) is 6.89. The molecule has 0 radical (unpaired) electrons. The summed E-state index contributed by atoms with van der Waals surface area (Å²) in [5.41, 5.74) is 9.30. The Morgan fingerprint density at radius 3 is 2.79 bits per heavy atom. The number of thiazole rings is 1. The molecule has 1 fully saturated rings. The quantitative estimate of drug-likeness (QED) is 0.156. The van der Waals surface area contributed by atoms with Gasteiger partial charge in [0.25, 0.3) is 0 Å². The Morgan fingerprint density at radius 2 is 2.03 bits per heavy atom. The third-order valence-electron chi connectivity index (χ3n) is 8.68. The fraction of sp³-hybridized carbons (Fsp3) is 0.515. The zero-order valence-electron chi connectivity index (χ0n) is 23.8. The summed E-state index contributed by atoms with van der Waals surface area (Å²) < 4.78 is 5.81. The Kier molecular flexibility index (Phi) is 8.52. The number of ether oxygens (including phenoxy) is 1. The Bertz CT molecular complexity index is 1280. The van der Waals surface area contributed by atoms with Crippen molar-refractivity contribution in [3.8, 4) is 16.3 Å². The molecular weight excluding hydrogens is 486 g/mol. The van der Waals surface area contributed by atoms with Gasteiger partial charge in [-0.1, -0.05) is 25.1 Å². The first kappa shape index (κ1) is 26.9. The molecule has 3 atom stereocenters. The van der Waals surface area contributed by atoms with Gasteiger partial charge >= 0.3 is 0 Å². The maximum Gasteiger partial charge on any atom is 0.123 e. The molecule has 0 N–H and O–H groups in total. The second-order valence-electron chi connectivity index (χ2n) is 11.5. The molecule has 5 heteroatoms. The highest BCUT2D eigenvalue weighted by molar-refractivity contribution is 7.13. The average molecular weight is 530 g/mol. The van der Waals surface area contributed by atoms with E-state index in [1.165, 1.54) is 54.4 Å². The van der Waals surface area contributed by atoms with Gasteiger partial charge in [0.15, 0.2) is 0 Å². The summed E-state index contributed by atoms with van der Waals surface area (Å²) in [5, 5.41) is 3.35. The van der Waals surface area contributed by atoms with E-state index < -0.39 is 0 Å². The van der Waals surface area contributed by atoms with E-state index in [9.17, 15) is 0 Å². The van der Waals surface area contributed by atoms with Crippen molar-refractivity contribution in [2.24, 2.45) is 22.7 Å². The summed E-state index contributed by atoms with van der Waals surface area (Å²) in [6.07, 6.45) is 10.3. The average Bonchev–Trinajstić information content (AvgIpc) is 3.54. The van der Waals surface area contributed by atoms with Crippen molar-refractivity contribution in [1.29, 1.82) is 0 Å². The molecular formula is C33H43N3OS. The van der Waals surface area contributed by atoms with E-state index in [0.29, 0.717) is 0 Å². The van der Waals surface area contributed by atoms with E-state index in [0.717, 1.165) is 60.1 Å². The summed E-state index contributed by atoms with van der Waals surface area (Å²) in [6, 6.07) is 11.6. The van der Waals surface area contributed by atoms with Gasteiger partial charge in [0, 0.05) is 43.1 Å². The molecule has 0 saturated heterocycles. The van der Waals surface area contributed by atoms with Gasteiger partial charge < -0.3 is 9.64 Å². The first-order valence-corrected chi connectivity index (χ1v) is 15.3. The summed E-state index contributed by atoms with van der Waals surface area (Å²) in [5.74, 6) is 3.70. The van der Waals surface area contributed by atoms with Crippen LogP contribution in [-0.4, -0.2) is 43.5 Å². The van der Waals surface area contributed by atoms with Gasteiger partial charge in [0.05, 0.1) is 19.1 Å². The summed E-state index contributed by atoms with van der Waals surface area (Å²) >= 11 is 1.76. The van der Waals surface area contributed by atoms with Crippen LogP contribution in [0.2, 0.25) is 0 Å². The number of benzene rings is 2. The Morgan fingerprint density at radius 1 is 1.18 bits per heavy atom. The smallest absolute Gasteiger partial charge is 0.123 e. The zero-order valence-corrected chi connectivity index (χ0v) is 24.6. The molecule has 0 bridgehead atoms. The number of aromatic nitrogens is 1. The van der Waals surface area contributed by atoms with Gasteiger partial charge in [-0.05, 0) is 105 Å². The number of rotatable bonds is 10. The highest BCUT2D eigenvalue weighted by Gasteiger charge is 2.39. The van der Waals surface area contributed by atoms with Gasteiger partial charge in [-0.2, -0.15) is 0 Å². The molecule has 3 aromatic rings. The summed E-state index contributed by atoms with van der Waals surface area (Å²) in [6.45, 7) is 8.50. The largest absolute Gasteiger partial charge is 0.496 e. The maximum absolute atomic E-state index is 5.81. The Balaban J connectivity index is 1.29. The first-order valence-electron chi connectivity index (χ1n) is 14.4. The molecule has 1 aromatic heterocycles. The number of hydrogen-bond donors (Lipinski definition) is 0. The van der Waals surface area contributed by atoms with Gasteiger partial charge in [-0.25, -0.2) is 4.98 Å². The number of fused-ring (bicyclic) bond motifs is 1. The highest BCUT2D eigenvalue weighted by atomic mass is 32.1. The predicted molar refractivity (Wildman–Crippen MR) is 161 cm³/mol. The molecule has 2 aliphatic rings. The normalized spacial score (nSPS) is 20.8. The van der Waals surface area contributed by atoms with Crippen molar-refractivity contribution >= 4 is 17.7 Å². The van der Waals surface area contributed by atoms with Crippen LogP contribution in [0.25, 0.3) is 10.6 Å². The molecule has 1 heterocycles. The van der Waals surface area contributed by atoms with Crippen LogP contribution in [0.3, 0.4) is 0 Å². The molecule has 202 valence electrons. The molecule has 2 aliphatic carbocycles. The highest BCUT2D eigenvalue weighted by Crippen LogP contribution is 2.48. The van der Waals surface area contributed by atoms with E-state index in [1.807, 2.05) is 13.4 Å². The lowest BCUT2D eigenvalue weighted by molar-refractivity contribution is 0.407. The number of methoxy groups -OCH3 is 1. The third-order valence-corrected chi connectivity index (χ3v) is 9.62. The van der Waals surface area contributed by atoms with E-state index in [2.05, 4.69) is 66.4 Å². The van der Waals surface area contributed by atoms with Crippen molar-refractivity contribution in [2.45, 2.75) is 65.7 Å². The molecule has 2 unspecified atom stereocenters. The summed E-state index contributed by atoms with van der Waals surface area (Å²) in [4.78, 5) is 11.7. The lowest BCUT2D eigenvalue weighted by Crippen LogP contribution is -2.15. The van der Waals surface area contributed by atoms with Gasteiger partial charge in [-0.3, -0.25) is 4.99 Å². The minimum Gasteiger partial charge on any atom is -0.496 e. The van der Waals surface area contributed by atoms with Crippen molar-refractivity contribution in [2.75, 3.05) is 27.2 Å².